The maximum atomic E-state index is 12.3. The summed E-state index contributed by atoms with van der Waals surface area (Å²) in [7, 11) is 0. The Morgan fingerprint density at radius 3 is 2.25 bits per heavy atom. The average molecular weight is 318 g/mol. The van der Waals surface area contributed by atoms with E-state index in [1.165, 1.54) is 43.2 Å². The van der Waals surface area contributed by atoms with E-state index in [1.807, 2.05) is 18.2 Å². The fraction of sp³-hybridized carbons (Fsp3) is 0.348. The van der Waals surface area contributed by atoms with Crippen molar-refractivity contribution in [1.82, 2.24) is 0 Å². The van der Waals surface area contributed by atoms with Crippen LogP contribution in [0.2, 0.25) is 0 Å². The molecule has 1 heteroatoms. The summed E-state index contributed by atoms with van der Waals surface area (Å²) >= 11 is 0. The molecule has 2 aromatic carbocycles. The normalized spacial score (nSPS) is 15.7. The quantitative estimate of drug-likeness (QED) is 0.474. The first-order valence-electron chi connectivity index (χ1n) is 9.17. The molecule has 0 radical (unpaired) electrons. The summed E-state index contributed by atoms with van der Waals surface area (Å²) in [5.41, 5.74) is 4.55. The Hall–Kier alpha value is -2.15. The van der Waals surface area contributed by atoms with Crippen LogP contribution in [0.4, 0.5) is 0 Å². The maximum Gasteiger partial charge on any atom is 0.185 e. The minimum atomic E-state index is 0.0739. The number of aryl methyl sites for hydroxylation is 1. The standard InChI is InChI=1S/C23H26O/c1-2-18-8-10-19(11-9-18)12-17-23(24)22-15-13-21(14-16-22)20-6-4-3-5-7-20/h8-17,20H,2-7H2,1H3. The molecule has 0 aromatic heterocycles. The number of rotatable bonds is 5. The van der Waals surface area contributed by atoms with Gasteiger partial charge >= 0.3 is 0 Å². The zero-order valence-corrected chi connectivity index (χ0v) is 14.5. The predicted octanol–water partition coefficient (Wildman–Crippen LogP) is 6.19. The largest absolute Gasteiger partial charge is 0.289 e. The van der Waals surface area contributed by atoms with E-state index >= 15 is 0 Å². The van der Waals surface area contributed by atoms with Crippen LogP contribution < -0.4 is 0 Å². The van der Waals surface area contributed by atoms with Crippen LogP contribution in [0.25, 0.3) is 6.08 Å². The molecule has 0 heterocycles. The van der Waals surface area contributed by atoms with Crippen molar-refractivity contribution < 1.29 is 4.79 Å². The molecular formula is C23H26O. The van der Waals surface area contributed by atoms with E-state index in [9.17, 15) is 4.79 Å². The van der Waals surface area contributed by atoms with Crippen molar-refractivity contribution in [2.45, 2.75) is 51.4 Å². The summed E-state index contributed by atoms with van der Waals surface area (Å²) in [4.78, 5) is 12.3. The first-order valence-corrected chi connectivity index (χ1v) is 9.17. The number of hydrogen-bond acceptors (Lipinski definition) is 1. The Morgan fingerprint density at radius 1 is 0.958 bits per heavy atom. The summed E-state index contributed by atoms with van der Waals surface area (Å²) in [6.45, 7) is 2.14. The lowest BCUT2D eigenvalue weighted by molar-refractivity contribution is 0.104. The van der Waals surface area contributed by atoms with Gasteiger partial charge in [0.2, 0.25) is 0 Å². The number of ketones is 1. The third-order valence-corrected chi connectivity index (χ3v) is 5.09. The predicted molar refractivity (Wildman–Crippen MR) is 101 cm³/mol. The van der Waals surface area contributed by atoms with Crippen molar-refractivity contribution in [1.29, 1.82) is 0 Å². The van der Waals surface area contributed by atoms with Gasteiger partial charge in [0.1, 0.15) is 0 Å². The zero-order chi connectivity index (χ0) is 16.8. The van der Waals surface area contributed by atoms with Gasteiger partial charge in [0.05, 0.1) is 0 Å². The number of carbonyl (C=O) groups is 1. The highest BCUT2D eigenvalue weighted by Crippen LogP contribution is 2.32. The number of benzene rings is 2. The Morgan fingerprint density at radius 2 is 1.62 bits per heavy atom. The molecule has 1 fully saturated rings. The van der Waals surface area contributed by atoms with E-state index in [-0.39, 0.29) is 5.78 Å². The van der Waals surface area contributed by atoms with Gasteiger partial charge in [-0.15, -0.1) is 0 Å². The van der Waals surface area contributed by atoms with Crippen molar-refractivity contribution in [3.8, 4) is 0 Å². The third-order valence-electron chi connectivity index (χ3n) is 5.09. The summed E-state index contributed by atoms with van der Waals surface area (Å²) in [6.07, 6.45) is 11.2. The lowest BCUT2D eigenvalue weighted by atomic mass is 9.84. The van der Waals surface area contributed by atoms with Gasteiger partial charge in [0, 0.05) is 5.56 Å². The second-order valence-electron chi connectivity index (χ2n) is 6.75. The van der Waals surface area contributed by atoms with Crippen molar-refractivity contribution in [2.75, 3.05) is 0 Å². The van der Waals surface area contributed by atoms with Gasteiger partial charge in [-0.1, -0.05) is 80.8 Å². The Bertz CT molecular complexity index is 686. The highest BCUT2D eigenvalue weighted by molar-refractivity contribution is 6.06. The molecule has 1 aliphatic carbocycles. The van der Waals surface area contributed by atoms with E-state index in [0.717, 1.165) is 17.5 Å². The topological polar surface area (TPSA) is 17.1 Å². The summed E-state index contributed by atoms with van der Waals surface area (Å²) < 4.78 is 0. The Labute approximate surface area is 145 Å². The SMILES string of the molecule is CCc1ccc(C=CC(=O)c2ccc(C3CCCCC3)cc2)cc1. The van der Waals surface area contributed by atoms with Gasteiger partial charge in [0.25, 0.3) is 0 Å². The van der Waals surface area contributed by atoms with Crippen LogP contribution in [0, 0.1) is 0 Å². The zero-order valence-electron chi connectivity index (χ0n) is 14.5. The number of hydrogen-bond donors (Lipinski definition) is 0. The van der Waals surface area contributed by atoms with Crippen molar-refractivity contribution in [3.63, 3.8) is 0 Å². The second kappa shape index (κ2) is 8.10. The monoisotopic (exact) mass is 318 g/mol. The highest BCUT2D eigenvalue weighted by Gasteiger charge is 2.15. The molecule has 3 rings (SSSR count). The molecule has 0 spiro atoms. The van der Waals surface area contributed by atoms with Gasteiger partial charge < -0.3 is 0 Å². The van der Waals surface area contributed by atoms with Gasteiger partial charge in [-0.05, 0) is 47.9 Å². The van der Waals surface area contributed by atoms with Gasteiger partial charge in [-0.3, -0.25) is 4.79 Å². The van der Waals surface area contributed by atoms with Crippen LogP contribution >= 0.6 is 0 Å². The van der Waals surface area contributed by atoms with Crippen LogP contribution in [0.3, 0.4) is 0 Å². The van der Waals surface area contributed by atoms with Crippen LogP contribution in [0.1, 0.15) is 72.0 Å². The van der Waals surface area contributed by atoms with Crippen LogP contribution in [0.15, 0.2) is 54.6 Å². The van der Waals surface area contributed by atoms with Gasteiger partial charge in [-0.25, -0.2) is 0 Å². The first-order chi connectivity index (χ1) is 11.8. The average Bonchev–Trinajstić information content (AvgIpc) is 2.67. The van der Waals surface area contributed by atoms with E-state index in [0.29, 0.717) is 5.92 Å². The van der Waals surface area contributed by atoms with Crippen molar-refractivity contribution in [3.05, 3.63) is 76.9 Å². The number of allylic oxidation sites excluding steroid dienone is 1. The fourth-order valence-electron chi connectivity index (χ4n) is 3.49. The lowest BCUT2D eigenvalue weighted by Gasteiger charge is -2.21. The molecule has 0 aliphatic heterocycles. The molecule has 0 atom stereocenters. The Balaban J connectivity index is 1.64. The highest BCUT2D eigenvalue weighted by atomic mass is 16.1. The minimum absolute atomic E-state index is 0.0739. The number of carbonyl (C=O) groups excluding carboxylic acids is 1. The smallest absolute Gasteiger partial charge is 0.185 e. The lowest BCUT2D eigenvalue weighted by Crippen LogP contribution is -2.05. The van der Waals surface area contributed by atoms with Gasteiger partial charge in [-0.2, -0.15) is 0 Å². The fourth-order valence-corrected chi connectivity index (χ4v) is 3.49. The maximum absolute atomic E-state index is 12.3. The molecule has 1 nitrogen and oxygen atoms in total. The van der Waals surface area contributed by atoms with Crippen molar-refractivity contribution in [2.24, 2.45) is 0 Å². The summed E-state index contributed by atoms with van der Waals surface area (Å²) in [5.74, 6) is 0.764. The van der Waals surface area contributed by atoms with E-state index in [4.69, 9.17) is 0 Å². The molecule has 0 saturated heterocycles. The Kier molecular flexibility index (Phi) is 5.63. The molecule has 1 saturated carbocycles. The van der Waals surface area contributed by atoms with E-state index in [1.54, 1.807) is 6.08 Å². The second-order valence-corrected chi connectivity index (χ2v) is 6.75. The van der Waals surface area contributed by atoms with Crippen LogP contribution in [-0.4, -0.2) is 5.78 Å². The van der Waals surface area contributed by atoms with E-state index < -0.39 is 0 Å². The molecule has 0 unspecified atom stereocenters. The molecule has 0 amide bonds. The molecule has 0 bridgehead atoms. The molecule has 124 valence electrons. The first kappa shape index (κ1) is 16.7. The molecule has 0 N–H and O–H groups in total. The molecule has 1 aliphatic rings. The van der Waals surface area contributed by atoms with E-state index in [2.05, 4.69) is 43.3 Å². The molecule has 24 heavy (non-hydrogen) atoms. The summed E-state index contributed by atoms with van der Waals surface area (Å²) in [6, 6.07) is 16.6. The minimum Gasteiger partial charge on any atom is -0.289 e. The molecule has 2 aromatic rings. The molecular weight excluding hydrogens is 292 g/mol. The summed E-state index contributed by atoms with van der Waals surface area (Å²) in [5, 5.41) is 0. The van der Waals surface area contributed by atoms with Crippen molar-refractivity contribution >= 4 is 11.9 Å². The van der Waals surface area contributed by atoms with Crippen LogP contribution in [-0.2, 0) is 6.42 Å². The van der Waals surface area contributed by atoms with Gasteiger partial charge in [0.15, 0.2) is 5.78 Å². The van der Waals surface area contributed by atoms with Crippen LogP contribution in [0.5, 0.6) is 0 Å². The third kappa shape index (κ3) is 4.23.